The van der Waals surface area contributed by atoms with Crippen molar-refractivity contribution in [1.82, 2.24) is 25.5 Å². The van der Waals surface area contributed by atoms with Crippen LogP contribution in [0.25, 0.3) is 5.69 Å². The minimum Gasteiger partial charge on any atom is -0.405 e. The van der Waals surface area contributed by atoms with Crippen molar-refractivity contribution in [3.63, 3.8) is 0 Å². The van der Waals surface area contributed by atoms with Crippen molar-refractivity contribution in [2.75, 3.05) is 5.75 Å². The van der Waals surface area contributed by atoms with Gasteiger partial charge in [0.2, 0.25) is 11.1 Å². The number of nitrogens with zero attached hydrogens (tertiary/aromatic N) is 4. The highest BCUT2D eigenvalue weighted by Gasteiger charge is 2.32. The number of alkyl halides is 3. The van der Waals surface area contributed by atoms with Crippen molar-refractivity contribution in [3.8, 4) is 11.4 Å². The van der Waals surface area contributed by atoms with E-state index in [1.54, 1.807) is 6.07 Å². The summed E-state index contributed by atoms with van der Waals surface area (Å²) in [5.41, 5.74) is 0.559. The van der Waals surface area contributed by atoms with E-state index >= 15 is 0 Å². The molecule has 0 aliphatic heterocycles. The Kier molecular flexibility index (Phi) is 6.32. The zero-order valence-electron chi connectivity index (χ0n) is 14.6. The summed E-state index contributed by atoms with van der Waals surface area (Å²) in [7, 11) is 0. The number of para-hydroxylation sites is 1. The smallest absolute Gasteiger partial charge is 0.405 e. The predicted octanol–water partition coefficient (Wildman–Crippen LogP) is 3.11. The Morgan fingerprint density at radius 2 is 1.97 bits per heavy atom. The Morgan fingerprint density at radius 3 is 2.72 bits per heavy atom. The third kappa shape index (κ3) is 5.91. The second kappa shape index (κ2) is 8.90. The lowest BCUT2D eigenvalue weighted by molar-refractivity contribution is -0.274. The van der Waals surface area contributed by atoms with Crippen LogP contribution in [0.2, 0.25) is 0 Å². The van der Waals surface area contributed by atoms with E-state index in [2.05, 4.69) is 25.6 Å². The molecule has 3 aromatic rings. The molecule has 3 rings (SSSR count). The van der Waals surface area contributed by atoms with Gasteiger partial charge in [-0.3, -0.25) is 4.79 Å². The lowest BCUT2D eigenvalue weighted by Crippen LogP contribution is -2.26. The number of nitrogens with one attached hydrogen (secondary N) is 1. The molecule has 0 aliphatic carbocycles. The predicted molar refractivity (Wildman–Crippen MR) is 94.8 cm³/mol. The highest BCUT2D eigenvalue weighted by atomic mass is 32.2. The van der Waals surface area contributed by atoms with E-state index in [1.807, 2.05) is 0 Å². The van der Waals surface area contributed by atoms with Crippen molar-refractivity contribution in [3.05, 3.63) is 59.9 Å². The molecule has 0 saturated carbocycles. The van der Waals surface area contributed by atoms with Gasteiger partial charge in [0, 0.05) is 12.1 Å². The molecule has 0 atom stereocenters. The quantitative estimate of drug-likeness (QED) is 0.461. The highest BCUT2D eigenvalue weighted by Crippen LogP contribution is 2.26. The lowest BCUT2D eigenvalue weighted by atomic mass is 10.2. The largest absolute Gasteiger partial charge is 0.573 e. The summed E-state index contributed by atoms with van der Waals surface area (Å²) < 4.78 is 55.9. The van der Waals surface area contributed by atoms with Crippen LogP contribution >= 0.6 is 11.8 Å². The molecule has 12 heteroatoms. The van der Waals surface area contributed by atoms with Crippen molar-refractivity contribution < 1.29 is 27.1 Å². The van der Waals surface area contributed by atoms with Crippen molar-refractivity contribution in [2.45, 2.75) is 18.1 Å². The Bertz CT molecular complexity index is 996. The van der Waals surface area contributed by atoms with Crippen LogP contribution in [-0.4, -0.2) is 38.2 Å². The van der Waals surface area contributed by atoms with Crippen molar-refractivity contribution >= 4 is 17.7 Å². The molecule has 7 nitrogen and oxygen atoms in total. The van der Waals surface area contributed by atoms with E-state index in [0.717, 1.165) is 17.8 Å². The zero-order valence-corrected chi connectivity index (χ0v) is 15.4. The molecule has 0 saturated heterocycles. The number of thioether (sulfide) groups is 1. The fraction of sp³-hybridized carbons (Fsp3) is 0.176. The number of amides is 1. The maximum atomic E-state index is 13.4. The SMILES string of the molecule is O=C(CSc1nnnn1-c1cccc(F)c1)NCc1ccccc1OC(F)(F)F. The fourth-order valence-corrected chi connectivity index (χ4v) is 3.01. The van der Waals surface area contributed by atoms with Crippen molar-refractivity contribution in [1.29, 1.82) is 0 Å². The third-order valence-corrected chi connectivity index (χ3v) is 4.42. The van der Waals surface area contributed by atoms with Gasteiger partial charge in [0.25, 0.3) is 0 Å². The van der Waals surface area contributed by atoms with Crippen LogP contribution in [0.4, 0.5) is 17.6 Å². The number of benzene rings is 2. The Labute approximate surface area is 166 Å². The summed E-state index contributed by atoms with van der Waals surface area (Å²) >= 11 is 0.993. The van der Waals surface area contributed by atoms with E-state index in [-0.39, 0.29) is 28.8 Å². The Balaban J connectivity index is 1.58. The number of hydrogen-bond donors (Lipinski definition) is 1. The Hall–Kier alpha value is -3.15. The minimum atomic E-state index is -4.83. The molecule has 0 fully saturated rings. The summed E-state index contributed by atoms with van der Waals surface area (Å²) in [4.78, 5) is 12.1. The molecule has 1 amide bonds. The minimum absolute atomic E-state index is 0.0992. The molecule has 152 valence electrons. The average molecular weight is 427 g/mol. The second-order valence-corrected chi connectivity index (χ2v) is 6.52. The normalized spacial score (nSPS) is 11.3. The van der Waals surface area contributed by atoms with Crippen LogP contribution in [-0.2, 0) is 11.3 Å². The molecule has 0 aliphatic rings. The Morgan fingerprint density at radius 1 is 1.17 bits per heavy atom. The van der Waals surface area contributed by atoms with E-state index in [9.17, 15) is 22.4 Å². The van der Waals surface area contributed by atoms with Crippen LogP contribution in [0.1, 0.15) is 5.56 Å². The molecule has 2 aromatic carbocycles. The summed E-state index contributed by atoms with van der Waals surface area (Å²) in [5.74, 6) is -1.40. The highest BCUT2D eigenvalue weighted by molar-refractivity contribution is 7.99. The molecule has 29 heavy (non-hydrogen) atoms. The van der Waals surface area contributed by atoms with Gasteiger partial charge in [-0.25, -0.2) is 4.39 Å². The van der Waals surface area contributed by atoms with E-state index < -0.39 is 18.1 Å². The molecule has 0 radical (unpaired) electrons. The summed E-state index contributed by atoms with van der Waals surface area (Å²) in [5, 5.41) is 13.8. The number of carbonyl (C=O) groups is 1. The third-order valence-electron chi connectivity index (χ3n) is 3.50. The first-order valence-corrected chi connectivity index (χ1v) is 9.08. The zero-order chi connectivity index (χ0) is 20.9. The monoisotopic (exact) mass is 427 g/mol. The maximum absolute atomic E-state index is 13.4. The second-order valence-electron chi connectivity index (χ2n) is 5.57. The number of ether oxygens (including phenoxy) is 1. The first-order valence-electron chi connectivity index (χ1n) is 8.09. The van der Waals surface area contributed by atoms with Crippen LogP contribution in [0.3, 0.4) is 0 Å². The molecular weight excluding hydrogens is 414 g/mol. The number of aromatic nitrogens is 4. The van der Waals surface area contributed by atoms with Gasteiger partial charge in [0.1, 0.15) is 11.6 Å². The van der Waals surface area contributed by atoms with Crippen LogP contribution in [0, 0.1) is 5.82 Å². The fourth-order valence-electron chi connectivity index (χ4n) is 2.29. The van der Waals surface area contributed by atoms with Gasteiger partial charge in [0.15, 0.2) is 0 Å². The molecule has 0 bridgehead atoms. The summed E-state index contributed by atoms with van der Waals surface area (Å²) in [6.07, 6.45) is -4.83. The molecule has 1 heterocycles. The summed E-state index contributed by atoms with van der Waals surface area (Å²) in [6, 6.07) is 11.1. The van der Waals surface area contributed by atoms with Gasteiger partial charge >= 0.3 is 6.36 Å². The molecule has 0 unspecified atom stereocenters. The molecule has 1 aromatic heterocycles. The topological polar surface area (TPSA) is 81.9 Å². The van der Waals surface area contributed by atoms with Gasteiger partial charge in [-0.15, -0.1) is 18.3 Å². The van der Waals surface area contributed by atoms with Crippen molar-refractivity contribution in [2.24, 2.45) is 0 Å². The first kappa shape index (κ1) is 20.6. The van der Waals surface area contributed by atoms with Crippen LogP contribution in [0.5, 0.6) is 5.75 Å². The lowest BCUT2D eigenvalue weighted by Gasteiger charge is -2.13. The van der Waals surface area contributed by atoms with Gasteiger partial charge in [-0.2, -0.15) is 4.68 Å². The molecule has 0 spiro atoms. The van der Waals surface area contributed by atoms with E-state index in [4.69, 9.17) is 0 Å². The van der Waals surface area contributed by atoms with E-state index in [1.165, 1.54) is 41.1 Å². The average Bonchev–Trinajstić information content (AvgIpc) is 3.13. The number of rotatable bonds is 7. The van der Waals surface area contributed by atoms with E-state index in [0.29, 0.717) is 5.69 Å². The number of carbonyl (C=O) groups excluding carboxylic acids is 1. The van der Waals surface area contributed by atoms with Gasteiger partial charge in [-0.05, 0) is 34.7 Å². The van der Waals surface area contributed by atoms with Crippen LogP contribution in [0.15, 0.2) is 53.7 Å². The molecule has 1 N–H and O–H groups in total. The maximum Gasteiger partial charge on any atom is 0.573 e. The number of halogens is 4. The number of hydrogen-bond acceptors (Lipinski definition) is 6. The van der Waals surface area contributed by atoms with Gasteiger partial charge < -0.3 is 10.1 Å². The number of tetrazole rings is 1. The first-order chi connectivity index (χ1) is 13.8. The molecular formula is C17H13F4N5O2S. The van der Waals surface area contributed by atoms with Crippen LogP contribution < -0.4 is 10.1 Å². The van der Waals surface area contributed by atoms with Gasteiger partial charge in [-0.1, -0.05) is 36.0 Å². The summed E-state index contributed by atoms with van der Waals surface area (Å²) in [6.45, 7) is -0.152. The standard InChI is InChI=1S/C17H13F4N5O2S/c18-12-5-3-6-13(8-12)26-16(23-24-25-26)29-10-15(27)22-9-11-4-1-2-7-14(11)28-17(19,20)21/h1-8H,9-10H2,(H,22,27). The van der Waals surface area contributed by atoms with Gasteiger partial charge in [0.05, 0.1) is 11.4 Å².